The highest BCUT2D eigenvalue weighted by molar-refractivity contribution is 6.67. The van der Waals surface area contributed by atoms with Gasteiger partial charge in [0.05, 0.1) is 11.6 Å². The van der Waals surface area contributed by atoms with Gasteiger partial charge >= 0.3 is 0 Å². The predicted octanol–water partition coefficient (Wildman–Crippen LogP) is 3.27. The van der Waals surface area contributed by atoms with Crippen LogP contribution in [0.1, 0.15) is 43.0 Å². The third-order valence-electron chi connectivity index (χ3n) is 3.73. The fourth-order valence-electron chi connectivity index (χ4n) is 2.62. The number of halogens is 1. The molecule has 3 nitrogen and oxygen atoms in total. The second kappa shape index (κ2) is 5.16. The molecule has 0 heterocycles. The summed E-state index contributed by atoms with van der Waals surface area (Å²) in [5.41, 5.74) is 3.62. The number of hydrogen-bond acceptors (Lipinski definition) is 3. The van der Waals surface area contributed by atoms with Crippen LogP contribution in [0.5, 0.6) is 0 Å². The minimum Gasteiger partial charge on any atom is -0.289 e. The molecule has 0 amide bonds. The van der Waals surface area contributed by atoms with Gasteiger partial charge in [0.2, 0.25) is 0 Å². The van der Waals surface area contributed by atoms with Gasteiger partial charge < -0.3 is 0 Å². The maximum absolute atomic E-state index is 12.7. The lowest BCUT2D eigenvalue weighted by atomic mass is 9.96. The van der Waals surface area contributed by atoms with Crippen molar-refractivity contribution >= 4 is 22.6 Å². The highest BCUT2D eigenvalue weighted by Crippen LogP contribution is 2.26. The van der Waals surface area contributed by atoms with E-state index in [1.54, 1.807) is 30.3 Å². The number of carbonyl (C=O) groups excluding carboxylic acids is 2. The van der Waals surface area contributed by atoms with Crippen molar-refractivity contribution in [2.45, 2.75) is 12.8 Å². The molecule has 0 N–H and O–H groups in total. The molecule has 2 aromatic rings. The van der Waals surface area contributed by atoms with Gasteiger partial charge in [0.1, 0.15) is 0 Å². The third kappa shape index (κ3) is 2.35. The zero-order valence-electron chi connectivity index (χ0n) is 11.0. The Hall–Kier alpha value is -2.44. The minimum atomic E-state index is -0.583. The quantitative estimate of drug-likeness (QED) is 0.759. The van der Waals surface area contributed by atoms with Gasteiger partial charge in [0, 0.05) is 16.7 Å². The molecule has 0 spiro atoms. The van der Waals surface area contributed by atoms with E-state index >= 15 is 0 Å². The first kappa shape index (κ1) is 13.5. The monoisotopic (exact) mass is 295 g/mol. The summed E-state index contributed by atoms with van der Waals surface area (Å²) in [4.78, 5) is 24.0. The number of rotatable bonds is 1. The normalized spacial score (nSPS) is 12.9. The van der Waals surface area contributed by atoms with E-state index in [9.17, 15) is 9.59 Å². The van der Waals surface area contributed by atoms with Crippen molar-refractivity contribution in [3.05, 3.63) is 69.8 Å². The SMILES string of the molecule is N#Cc1ccc2c(c1)C(=O)c1cc(C(=O)Cl)ccc1CC2. The lowest BCUT2D eigenvalue weighted by Gasteiger charge is -2.06. The number of nitrogens with zero attached hydrogens (tertiary/aromatic N) is 1. The summed E-state index contributed by atoms with van der Waals surface area (Å²) in [5.74, 6) is -0.158. The molecule has 0 unspecified atom stereocenters. The first-order valence-electron chi connectivity index (χ1n) is 6.50. The van der Waals surface area contributed by atoms with Crippen molar-refractivity contribution in [2.75, 3.05) is 0 Å². The predicted molar refractivity (Wildman–Crippen MR) is 78.6 cm³/mol. The van der Waals surface area contributed by atoms with E-state index in [0.29, 0.717) is 22.3 Å². The summed E-state index contributed by atoms with van der Waals surface area (Å²) in [5, 5.41) is 8.40. The van der Waals surface area contributed by atoms with E-state index in [4.69, 9.17) is 16.9 Å². The van der Waals surface area contributed by atoms with Crippen LogP contribution in [0.15, 0.2) is 36.4 Å². The number of ketones is 1. The van der Waals surface area contributed by atoms with Crippen LogP contribution in [-0.4, -0.2) is 11.0 Å². The number of hydrogen-bond donors (Lipinski definition) is 0. The van der Waals surface area contributed by atoms with E-state index in [-0.39, 0.29) is 5.78 Å². The van der Waals surface area contributed by atoms with Crippen LogP contribution in [0.3, 0.4) is 0 Å². The largest absolute Gasteiger partial charge is 0.289 e. The van der Waals surface area contributed by atoms with E-state index in [1.807, 2.05) is 12.1 Å². The van der Waals surface area contributed by atoms with Gasteiger partial charge in [-0.1, -0.05) is 12.1 Å². The standard InChI is InChI=1S/C17H10ClNO2/c18-17(21)13-6-5-12-4-3-11-2-1-10(9-19)7-14(11)16(20)15(12)8-13/h1-2,5-8H,3-4H2. The molecule has 1 aliphatic carbocycles. The van der Waals surface area contributed by atoms with Gasteiger partial charge in [-0.05, 0) is 59.8 Å². The van der Waals surface area contributed by atoms with E-state index < -0.39 is 5.24 Å². The van der Waals surface area contributed by atoms with E-state index in [2.05, 4.69) is 0 Å². The van der Waals surface area contributed by atoms with Crippen LogP contribution in [-0.2, 0) is 12.8 Å². The fourth-order valence-corrected chi connectivity index (χ4v) is 2.74. The Morgan fingerprint density at radius 3 is 2.29 bits per heavy atom. The van der Waals surface area contributed by atoms with E-state index in [0.717, 1.165) is 24.0 Å². The Balaban J connectivity index is 2.19. The van der Waals surface area contributed by atoms with Crippen LogP contribution in [0.25, 0.3) is 0 Å². The summed E-state index contributed by atoms with van der Waals surface area (Å²) < 4.78 is 0. The maximum atomic E-state index is 12.7. The minimum absolute atomic E-state index is 0.158. The summed E-state index contributed by atoms with van der Waals surface area (Å²) in [6.07, 6.45) is 1.45. The topological polar surface area (TPSA) is 57.9 Å². The second-order valence-electron chi connectivity index (χ2n) is 4.96. The van der Waals surface area contributed by atoms with Crippen LogP contribution >= 0.6 is 11.6 Å². The van der Waals surface area contributed by atoms with Crippen molar-refractivity contribution in [3.8, 4) is 6.07 Å². The molecule has 0 bridgehead atoms. The Bertz CT molecular complexity index is 818. The van der Waals surface area contributed by atoms with Crippen LogP contribution < -0.4 is 0 Å². The highest BCUT2D eigenvalue weighted by Gasteiger charge is 2.22. The smallest absolute Gasteiger partial charge is 0.252 e. The Morgan fingerprint density at radius 2 is 1.67 bits per heavy atom. The number of fused-ring (bicyclic) bond motifs is 2. The lowest BCUT2D eigenvalue weighted by molar-refractivity contribution is 0.103. The summed E-state index contributed by atoms with van der Waals surface area (Å²) in [7, 11) is 0. The molecule has 102 valence electrons. The molecule has 0 saturated carbocycles. The van der Waals surface area contributed by atoms with Crippen molar-refractivity contribution < 1.29 is 9.59 Å². The molecule has 0 saturated heterocycles. The number of carbonyl (C=O) groups is 2. The van der Waals surface area contributed by atoms with Gasteiger partial charge in [0.15, 0.2) is 5.78 Å². The van der Waals surface area contributed by atoms with Gasteiger partial charge in [0.25, 0.3) is 5.24 Å². The Morgan fingerprint density at radius 1 is 1.05 bits per heavy atom. The first-order valence-corrected chi connectivity index (χ1v) is 6.88. The van der Waals surface area contributed by atoms with Crippen LogP contribution in [0.4, 0.5) is 0 Å². The molecule has 0 aromatic heterocycles. The van der Waals surface area contributed by atoms with Crippen molar-refractivity contribution in [1.29, 1.82) is 5.26 Å². The zero-order valence-corrected chi connectivity index (χ0v) is 11.8. The molecule has 2 aromatic carbocycles. The van der Waals surface area contributed by atoms with Gasteiger partial charge in [-0.2, -0.15) is 5.26 Å². The van der Waals surface area contributed by atoms with E-state index in [1.165, 1.54) is 0 Å². The van der Waals surface area contributed by atoms with Gasteiger partial charge in [-0.15, -0.1) is 0 Å². The second-order valence-corrected chi connectivity index (χ2v) is 5.30. The number of aryl methyl sites for hydroxylation is 2. The van der Waals surface area contributed by atoms with Gasteiger partial charge in [-0.25, -0.2) is 0 Å². The molecule has 21 heavy (non-hydrogen) atoms. The molecular formula is C17H10ClNO2. The van der Waals surface area contributed by atoms with Crippen molar-refractivity contribution in [3.63, 3.8) is 0 Å². The van der Waals surface area contributed by atoms with Crippen molar-refractivity contribution in [1.82, 2.24) is 0 Å². The summed E-state index contributed by atoms with van der Waals surface area (Å²) in [6.45, 7) is 0. The first-order chi connectivity index (χ1) is 10.1. The average Bonchev–Trinajstić information content (AvgIpc) is 2.64. The Kier molecular flexibility index (Phi) is 3.32. The third-order valence-corrected chi connectivity index (χ3v) is 3.95. The van der Waals surface area contributed by atoms with Crippen molar-refractivity contribution in [2.24, 2.45) is 0 Å². The molecule has 4 heteroatoms. The molecule has 1 aliphatic rings. The lowest BCUT2D eigenvalue weighted by Crippen LogP contribution is -2.06. The maximum Gasteiger partial charge on any atom is 0.252 e. The fraction of sp³-hybridized carbons (Fsp3) is 0.118. The molecular weight excluding hydrogens is 286 g/mol. The summed E-state index contributed by atoms with van der Waals surface area (Å²) >= 11 is 5.49. The number of benzene rings is 2. The zero-order chi connectivity index (χ0) is 15.0. The van der Waals surface area contributed by atoms with Gasteiger partial charge in [-0.3, -0.25) is 9.59 Å². The molecule has 0 atom stereocenters. The summed E-state index contributed by atoms with van der Waals surface area (Å²) in [6, 6.07) is 12.2. The molecule has 0 radical (unpaired) electrons. The number of nitriles is 1. The molecule has 3 rings (SSSR count). The average molecular weight is 296 g/mol. The molecule has 0 aliphatic heterocycles. The highest BCUT2D eigenvalue weighted by atomic mass is 35.5. The van der Waals surface area contributed by atoms with Crippen LogP contribution in [0.2, 0.25) is 0 Å². The molecule has 0 fully saturated rings. The Labute approximate surface area is 126 Å². The van der Waals surface area contributed by atoms with Crippen LogP contribution in [0, 0.1) is 11.3 Å².